The molecule has 0 radical (unpaired) electrons. The second kappa shape index (κ2) is 12.4. The molecule has 8 aromatic rings. The molecule has 0 fully saturated rings. The SMILES string of the molecule is Cc1c(C)c(N(c2ccccc2-c2ccccc2)c2ccccc2-c2ccccc2)c2c(c1-c1cccc3ccccc13)-c1ccccc1C2. The summed E-state index contributed by atoms with van der Waals surface area (Å²) >= 11 is 0. The van der Waals surface area contributed by atoms with Gasteiger partial charge in [-0.1, -0.05) is 164 Å². The van der Waals surface area contributed by atoms with E-state index in [1.165, 1.54) is 94.6 Å². The number of anilines is 3. The summed E-state index contributed by atoms with van der Waals surface area (Å²) in [5, 5.41) is 2.55. The summed E-state index contributed by atoms with van der Waals surface area (Å²) in [4.78, 5) is 2.57. The molecule has 0 atom stereocenters. The van der Waals surface area contributed by atoms with Crippen LogP contribution in [0.2, 0.25) is 0 Å². The summed E-state index contributed by atoms with van der Waals surface area (Å²) in [6, 6.07) is 64.1. The Morgan fingerprint density at radius 3 is 1.56 bits per heavy atom. The Morgan fingerprint density at radius 2 is 0.900 bits per heavy atom. The molecule has 238 valence electrons. The second-order valence-electron chi connectivity index (χ2n) is 13.3. The third-order valence-corrected chi connectivity index (χ3v) is 10.5. The molecule has 1 aliphatic carbocycles. The minimum Gasteiger partial charge on any atom is -0.309 e. The van der Waals surface area contributed by atoms with Gasteiger partial charge in [0, 0.05) is 17.5 Å². The highest BCUT2D eigenvalue weighted by Gasteiger charge is 2.33. The van der Waals surface area contributed by atoms with E-state index >= 15 is 0 Å². The summed E-state index contributed by atoms with van der Waals surface area (Å²) in [6.07, 6.45) is 0.872. The van der Waals surface area contributed by atoms with E-state index in [1.807, 2.05) is 0 Å². The van der Waals surface area contributed by atoms with Gasteiger partial charge in [-0.3, -0.25) is 0 Å². The number of para-hydroxylation sites is 2. The van der Waals surface area contributed by atoms with Crippen molar-refractivity contribution in [2.45, 2.75) is 20.3 Å². The number of hydrogen-bond donors (Lipinski definition) is 0. The highest BCUT2D eigenvalue weighted by Crippen LogP contribution is 2.55. The van der Waals surface area contributed by atoms with E-state index in [2.05, 4.69) is 195 Å². The highest BCUT2D eigenvalue weighted by molar-refractivity contribution is 6.07. The summed E-state index contributed by atoms with van der Waals surface area (Å²) < 4.78 is 0. The lowest BCUT2D eigenvalue weighted by Crippen LogP contribution is -2.17. The normalized spacial score (nSPS) is 11.7. The van der Waals surface area contributed by atoms with Crippen LogP contribution >= 0.6 is 0 Å². The molecular weight excluding hydrogens is 603 g/mol. The van der Waals surface area contributed by atoms with E-state index < -0.39 is 0 Å². The van der Waals surface area contributed by atoms with E-state index in [-0.39, 0.29) is 0 Å². The summed E-state index contributed by atoms with van der Waals surface area (Å²) in [5.74, 6) is 0. The van der Waals surface area contributed by atoms with E-state index in [0.717, 1.165) is 6.42 Å². The maximum absolute atomic E-state index is 2.57. The van der Waals surface area contributed by atoms with Gasteiger partial charge in [0.2, 0.25) is 0 Å². The van der Waals surface area contributed by atoms with Crippen LogP contribution in [-0.4, -0.2) is 0 Å². The zero-order valence-electron chi connectivity index (χ0n) is 28.4. The van der Waals surface area contributed by atoms with Crippen molar-refractivity contribution in [3.8, 4) is 44.5 Å². The van der Waals surface area contributed by atoms with Crippen LogP contribution in [0, 0.1) is 13.8 Å². The summed E-state index contributed by atoms with van der Waals surface area (Å²) in [6.45, 7) is 4.67. The van der Waals surface area contributed by atoms with Crippen molar-refractivity contribution in [2.24, 2.45) is 0 Å². The van der Waals surface area contributed by atoms with Crippen molar-refractivity contribution >= 4 is 27.8 Å². The van der Waals surface area contributed by atoms with Crippen molar-refractivity contribution < 1.29 is 0 Å². The number of hydrogen-bond acceptors (Lipinski definition) is 1. The molecule has 0 saturated heterocycles. The lowest BCUT2D eigenvalue weighted by molar-refractivity contribution is 1.16. The molecular formula is C49H37N. The predicted molar refractivity (Wildman–Crippen MR) is 213 cm³/mol. The predicted octanol–water partition coefficient (Wildman–Crippen LogP) is 13.5. The number of fused-ring (bicyclic) bond motifs is 4. The fourth-order valence-electron chi connectivity index (χ4n) is 8.14. The van der Waals surface area contributed by atoms with Gasteiger partial charge in [0.15, 0.2) is 0 Å². The first kappa shape index (κ1) is 29.9. The Morgan fingerprint density at radius 1 is 0.400 bits per heavy atom. The van der Waals surface area contributed by atoms with Crippen LogP contribution in [-0.2, 0) is 6.42 Å². The van der Waals surface area contributed by atoms with Crippen molar-refractivity contribution in [1.29, 1.82) is 0 Å². The summed E-state index contributed by atoms with van der Waals surface area (Å²) in [5.41, 5.74) is 19.1. The molecule has 0 amide bonds. The molecule has 1 aliphatic rings. The molecule has 0 aromatic heterocycles. The van der Waals surface area contributed by atoms with E-state index in [9.17, 15) is 0 Å². The fourth-order valence-corrected chi connectivity index (χ4v) is 8.14. The number of benzene rings is 8. The Labute approximate surface area is 294 Å². The van der Waals surface area contributed by atoms with Crippen LogP contribution < -0.4 is 4.90 Å². The third-order valence-electron chi connectivity index (χ3n) is 10.5. The Hall–Kier alpha value is -6.18. The first-order valence-corrected chi connectivity index (χ1v) is 17.5. The maximum Gasteiger partial charge on any atom is 0.0540 e. The maximum atomic E-state index is 2.57. The Kier molecular flexibility index (Phi) is 7.40. The van der Waals surface area contributed by atoms with E-state index in [1.54, 1.807) is 0 Å². The molecule has 0 spiro atoms. The molecule has 1 nitrogen and oxygen atoms in total. The molecule has 9 rings (SSSR count). The van der Waals surface area contributed by atoms with Crippen LogP contribution in [0.3, 0.4) is 0 Å². The number of rotatable bonds is 6. The molecule has 0 aliphatic heterocycles. The first-order chi connectivity index (χ1) is 24.7. The van der Waals surface area contributed by atoms with Gasteiger partial charge in [0.05, 0.1) is 17.1 Å². The first-order valence-electron chi connectivity index (χ1n) is 17.5. The lowest BCUT2D eigenvalue weighted by Gasteiger charge is -2.34. The van der Waals surface area contributed by atoms with Gasteiger partial charge in [-0.25, -0.2) is 0 Å². The average Bonchev–Trinajstić information content (AvgIpc) is 3.56. The van der Waals surface area contributed by atoms with Gasteiger partial charge in [-0.15, -0.1) is 0 Å². The monoisotopic (exact) mass is 639 g/mol. The van der Waals surface area contributed by atoms with E-state index in [4.69, 9.17) is 0 Å². The molecule has 0 heterocycles. The van der Waals surface area contributed by atoms with Gasteiger partial charge in [0.1, 0.15) is 0 Å². The smallest absolute Gasteiger partial charge is 0.0540 e. The van der Waals surface area contributed by atoms with Crippen LogP contribution in [0.5, 0.6) is 0 Å². The second-order valence-corrected chi connectivity index (χ2v) is 13.3. The van der Waals surface area contributed by atoms with Gasteiger partial charge < -0.3 is 4.90 Å². The molecule has 0 bridgehead atoms. The van der Waals surface area contributed by atoms with Crippen LogP contribution in [0.4, 0.5) is 17.1 Å². The van der Waals surface area contributed by atoms with Gasteiger partial charge >= 0.3 is 0 Å². The van der Waals surface area contributed by atoms with Crippen molar-refractivity contribution in [1.82, 2.24) is 0 Å². The topological polar surface area (TPSA) is 3.24 Å². The van der Waals surface area contributed by atoms with Crippen LogP contribution in [0.15, 0.2) is 176 Å². The Balaban J connectivity index is 1.41. The fraction of sp³-hybridized carbons (Fsp3) is 0.0612. The standard InChI is InChI=1S/C49H37N/c1-33-34(2)49(44-32-38-23-10-12-28-42(38)48(44)47(33)43-29-17-24-35-22-9-11-25-39(35)43)50(45-30-15-13-26-40(45)36-18-5-3-6-19-36)46-31-16-14-27-41(46)37-20-7-4-8-21-37/h3-31H,32H2,1-2H3. The molecule has 1 heteroatoms. The molecule has 50 heavy (non-hydrogen) atoms. The molecule has 0 unspecified atom stereocenters. The van der Waals surface area contributed by atoms with Gasteiger partial charge in [0.25, 0.3) is 0 Å². The zero-order valence-corrected chi connectivity index (χ0v) is 28.4. The zero-order chi connectivity index (χ0) is 33.6. The molecule has 0 N–H and O–H groups in total. The van der Waals surface area contributed by atoms with E-state index in [0.29, 0.717) is 0 Å². The van der Waals surface area contributed by atoms with Crippen LogP contribution in [0.25, 0.3) is 55.3 Å². The van der Waals surface area contributed by atoms with Gasteiger partial charge in [-0.05, 0) is 92.4 Å². The summed E-state index contributed by atoms with van der Waals surface area (Å²) in [7, 11) is 0. The number of nitrogens with zero attached hydrogens (tertiary/aromatic N) is 1. The average molecular weight is 640 g/mol. The quantitative estimate of drug-likeness (QED) is 0.175. The molecule has 0 saturated carbocycles. The Bertz CT molecular complexity index is 2440. The van der Waals surface area contributed by atoms with Gasteiger partial charge in [-0.2, -0.15) is 0 Å². The minimum atomic E-state index is 0.872. The lowest BCUT2D eigenvalue weighted by atomic mass is 9.84. The molecule has 8 aromatic carbocycles. The van der Waals surface area contributed by atoms with Crippen molar-refractivity contribution in [3.63, 3.8) is 0 Å². The third kappa shape index (κ3) is 4.85. The largest absolute Gasteiger partial charge is 0.309 e. The van der Waals surface area contributed by atoms with Crippen molar-refractivity contribution in [3.05, 3.63) is 198 Å². The van der Waals surface area contributed by atoms with Crippen LogP contribution in [0.1, 0.15) is 22.3 Å². The minimum absolute atomic E-state index is 0.872. The van der Waals surface area contributed by atoms with Crippen molar-refractivity contribution in [2.75, 3.05) is 4.90 Å². The highest BCUT2D eigenvalue weighted by atomic mass is 15.2.